The second kappa shape index (κ2) is 9.01. The Bertz CT molecular complexity index is 943. The maximum Gasteiger partial charge on any atom is 0.282 e. The molecule has 28 heavy (non-hydrogen) atoms. The number of rotatable bonds is 6. The van der Waals surface area contributed by atoms with Crippen molar-refractivity contribution in [3.8, 4) is 6.07 Å². The number of amides is 2. The summed E-state index contributed by atoms with van der Waals surface area (Å²) >= 11 is 0. The summed E-state index contributed by atoms with van der Waals surface area (Å²) in [5.74, 6) is -5.64. The standard InChI is InChI=1S/C19H17F3N4O2/c1-11(19(28)25-14-6-4-3-5-12(14)9-23)26(2)10-16(27)24-15-8-7-13(20)17(21)18(15)22/h3-8,11H,10H2,1-2H3,(H,24,27)(H,25,28)/p+1/t11-/m0/s1. The van der Waals surface area contributed by atoms with E-state index in [1.165, 1.54) is 0 Å². The van der Waals surface area contributed by atoms with Crippen molar-refractivity contribution in [1.82, 2.24) is 0 Å². The fourth-order valence-electron chi connectivity index (χ4n) is 2.38. The predicted octanol–water partition coefficient (Wildman–Crippen LogP) is 1.46. The van der Waals surface area contributed by atoms with Crippen molar-refractivity contribution < 1.29 is 27.7 Å². The third kappa shape index (κ3) is 4.86. The molecule has 146 valence electrons. The summed E-state index contributed by atoms with van der Waals surface area (Å²) < 4.78 is 39.8. The van der Waals surface area contributed by atoms with Crippen LogP contribution in [0, 0.1) is 28.8 Å². The normalized spacial score (nSPS) is 12.6. The number of carbonyl (C=O) groups is 2. The van der Waals surface area contributed by atoms with E-state index in [0.717, 1.165) is 6.07 Å². The summed E-state index contributed by atoms with van der Waals surface area (Å²) in [5.41, 5.74) is 0.159. The highest BCUT2D eigenvalue weighted by Crippen LogP contribution is 2.19. The molecule has 0 aromatic heterocycles. The smallest absolute Gasteiger partial charge is 0.282 e. The molecule has 3 N–H and O–H groups in total. The minimum absolute atomic E-state index is 0.229. The van der Waals surface area contributed by atoms with Gasteiger partial charge in [0.25, 0.3) is 11.8 Å². The number of nitrogens with zero attached hydrogens (tertiary/aromatic N) is 1. The zero-order valence-electron chi connectivity index (χ0n) is 15.1. The summed E-state index contributed by atoms with van der Waals surface area (Å²) in [4.78, 5) is 24.9. The van der Waals surface area contributed by atoms with Gasteiger partial charge in [0.05, 0.1) is 24.0 Å². The minimum atomic E-state index is -1.68. The van der Waals surface area contributed by atoms with E-state index in [1.54, 1.807) is 38.2 Å². The van der Waals surface area contributed by atoms with Crippen LogP contribution in [0.25, 0.3) is 0 Å². The Labute approximate surface area is 159 Å². The van der Waals surface area contributed by atoms with Crippen LogP contribution in [0.4, 0.5) is 24.5 Å². The lowest BCUT2D eigenvalue weighted by molar-refractivity contribution is -0.885. The van der Waals surface area contributed by atoms with Crippen molar-refractivity contribution in [2.24, 2.45) is 0 Å². The van der Waals surface area contributed by atoms with Crippen molar-refractivity contribution in [3.63, 3.8) is 0 Å². The highest BCUT2D eigenvalue weighted by Gasteiger charge is 2.25. The van der Waals surface area contributed by atoms with E-state index in [1.807, 2.05) is 6.07 Å². The fourth-order valence-corrected chi connectivity index (χ4v) is 2.38. The first-order valence-electron chi connectivity index (χ1n) is 8.30. The third-order valence-corrected chi connectivity index (χ3v) is 4.19. The Morgan fingerprint density at radius 1 is 1.07 bits per heavy atom. The van der Waals surface area contributed by atoms with Crippen LogP contribution in [0.15, 0.2) is 36.4 Å². The molecule has 0 bridgehead atoms. The first-order chi connectivity index (χ1) is 13.2. The molecule has 0 saturated carbocycles. The van der Waals surface area contributed by atoms with Crippen LogP contribution in [0.3, 0.4) is 0 Å². The van der Waals surface area contributed by atoms with Gasteiger partial charge in [0.15, 0.2) is 30.0 Å². The van der Waals surface area contributed by atoms with E-state index >= 15 is 0 Å². The van der Waals surface area contributed by atoms with Gasteiger partial charge in [-0.1, -0.05) is 12.1 Å². The predicted molar refractivity (Wildman–Crippen MR) is 95.9 cm³/mol. The van der Waals surface area contributed by atoms with Gasteiger partial charge in [-0.15, -0.1) is 0 Å². The molecule has 0 aliphatic heterocycles. The number of likely N-dealkylation sites (N-methyl/N-ethyl adjacent to an activating group) is 1. The molecule has 0 fully saturated rings. The molecule has 2 aromatic carbocycles. The first-order valence-corrected chi connectivity index (χ1v) is 8.30. The second-order valence-electron chi connectivity index (χ2n) is 6.16. The van der Waals surface area contributed by atoms with Crippen molar-refractivity contribution in [3.05, 3.63) is 59.4 Å². The maximum atomic E-state index is 13.6. The molecule has 0 aliphatic carbocycles. The SMILES string of the molecule is C[C@@H](C(=O)Nc1ccccc1C#N)[NH+](C)CC(=O)Nc1ccc(F)c(F)c1F. The molecule has 0 radical (unpaired) electrons. The first kappa shape index (κ1) is 20.9. The monoisotopic (exact) mass is 391 g/mol. The molecule has 0 saturated heterocycles. The highest BCUT2D eigenvalue weighted by atomic mass is 19.2. The van der Waals surface area contributed by atoms with Crippen molar-refractivity contribution in [2.45, 2.75) is 13.0 Å². The van der Waals surface area contributed by atoms with E-state index in [0.29, 0.717) is 22.2 Å². The lowest BCUT2D eigenvalue weighted by Gasteiger charge is -2.21. The minimum Gasteiger partial charge on any atom is -0.320 e. The Morgan fingerprint density at radius 3 is 2.43 bits per heavy atom. The summed E-state index contributed by atoms with van der Waals surface area (Å²) in [5, 5.41) is 13.8. The quantitative estimate of drug-likeness (QED) is 0.652. The van der Waals surface area contributed by atoms with Crippen LogP contribution in [-0.4, -0.2) is 31.4 Å². The molecule has 0 aliphatic rings. The van der Waals surface area contributed by atoms with E-state index < -0.39 is 41.0 Å². The van der Waals surface area contributed by atoms with E-state index in [-0.39, 0.29) is 6.54 Å². The molecule has 2 amide bonds. The molecule has 6 nitrogen and oxygen atoms in total. The molecule has 1 unspecified atom stereocenters. The van der Waals surface area contributed by atoms with Crippen LogP contribution >= 0.6 is 0 Å². The number of hydrogen-bond donors (Lipinski definition) is 3. The van der Waals surface area contributed by atoms with Gasteiger partial charge >= 0.3 is 0 Å². The molecule has 9 heteroatoms. The number of nitriles is 1. The molecule has 0 heterocycles. The lowest BCUT2D eigenvalue weighted by atomic mass is 10.2. The Hall–Kier alpha value is -3.38. The van der Waals surface area contributed by atoms with Crippen molar-refractivity contribution in [1.29, 1.82) is 5.26 Å². The Balaban J connectivity index is 1.98. The number of benzene rings is 2. The van der Waals surface area contributed by atoms with Crippen LogP contribution in [0.5, 0.6) is 0 Å². The number of halogens is 3. The molecule has 2 atom stereocenters. The highest BCUT2D eigenvalue weighted by molar-refractivity contribution is 5.95. The summed E-state index contributed by atoms with van der Waals surface area (Å²) in [6.07, 6.45) is 0. The van der Waals surface area contributed by atoms with Gasteiger partial charge in [0, 0.05) is 0 Å². The average Bonchev–Trinajstić information content (AvgIpc) is 2.68. The Morgan fingerprint density at radius 2 is 1.75 bits per heavy atom. The maximum absolute atomic E-state index is 13.6. The molecule has 0 spiro atoms. The van der Waals surface area contributed by atoms with Gasteiger partial charge < -0.3 is 15.5 Å². The van der Waals surface area contributed by atoms with Crippen LogP contribution < -0.4 is 15.5 Å². The van der Waals surface area contributed by atoms with E-state index in [4.69, 9.17) is 5.26 Å². The van der Waals surface area contributed by atoms with Gasteiger partial charge in [-0.3, -0.25) is 9.59 Å². The van der Waals surface area contributed by atoms with E-state index in [2.05, 4.69) is 10.6 Å². The zero-order valence-corrected chi connectivity index (χ0v) is 15.1. The summed E-state index contributed by atoms with van der Waals surface area (Å²) in [6, 6.07) is 9.36. The zero-order chi connectivity index (χ0) is 20.8. The van der Waals surface area contributed by atoms with Crippen molar-refractivity contribution >= 4 is 23.2 Å². The molecular formula is C19H18F3N4O2+. The number of carbonyl (C=O) groups excluding carboxylic acids is 2. The number of hydrogen-bond acceptors (Lipinski definition) is 3. The van der Waals surface area contributed by atoms with Gasteiger partial charge in [-0.2, -0.15) is 5.26 Å². The van der Waals surface area contributed by atoms with Gasteiger partial charge in [0.1, 0.15) is 6.07 Å². The second-order valence-corrected chi connectivity index (χ2v) is 6.16. The molecule has 2 aromatic rings. The number of nitrogens with one attached hydrogen (secondary N) is 3. The van der Waals surface area contributed by atoms with Gasteiger partial charge in [0.2, 0.25) is 0 Å². The third-order valence-electron chi connectivity index (χ3n) is 4.19. The van der Waals surface area contributed by atoms with Crippen molar-refractivity contribution in [2.75, 3.05) is 24.2 Å². The number of anilines is 2. The van der Waals surface area contributed by atoms with Crippen LogP contribution in [0.1, 0.15) is 12.5 Å². The van der Waals surface area contributed by atoms with E-state index in [9.17, 15) is 22.8 Å². The molecule has 2 rings (SSSR count). The number of para-hydroxylation sites is 1. The fraction of sp³-hybridized carbons (Fsp3) is 0.211. The van der Waals surface area contributed by atoms with Crippen LogP contribution in [0.2, 0.25) is 0 Å². The summed E-state index contributed by atoms with van der Waals surface area (Å²) in [7, 11) is 1.57. The number of quaternary nitrogens is 1. The Kier molecular flexibility index (Phi) is 6.74. The average molecular weight is 391 g/mol. The summed E-state index contributed by atoms with van der Waals surface area (Å²) in [6.45, 7) is 1.35. The topological polar surface area (TPSA) is 86.4 Å². The van der Waals surface area contributed by atoms with Crippen LogP contribution in [-0.2, 0) is 9.59 Å². The lowest BCUT2D eigenvalue weighted by Crippen LogP contribution is -3.14. The van der Waals surface area contributed by atoms with Gasteiger partial charge in [-0.25, -0.2) is 13.2 Å². The largest absolute Gasteiger partial charge is 0.320 e. The van der Waals surface area contributed by atoms with Gasteiger partial charge in [-0.05, 0) is 31.2 Å². The molecular weight excluding hydrogens is 373 g/mol.